The van der Waals surface area contributed by atoms with E-state index in [9.17, 15) is 53.5 Å². The molecule has 43 heavy (non-hydrogen) atoms. The van der Waals surface area contributed by atoms with Crippen LogP contribution in [0.5, 0.6) is 0 Å². The van der Waals surface area contributed by atoms with Crippen LogP contribution in [0.3, 0.4) is 0 Å². The molecule has 4 rings (SSSR count). The number of para-hydroxylation sites is 1. The van der Waals surface area contributed by atoms with Gasteiger partial charge in [-0.2, -0.15) is 13.6 Å². The number of aromatic nitrogens is 2. The first-order valence-corrected chi connectivity index (χ1v) is 16.3. The highest BCUT2D eigenvalue weighted by atomic mass is 31.3. The van der Waals surface area contributed by atoms with Gasteiger partial charge in [-0.3, -0.25) is 28.9 Å². The zero-order chi connectivity index (χ0) is 31.9. The second-order valence-electron chi connectivity index (χ2n) is 8.93. The molecule has 0 bridgehead atoms. The van der Waals surface area contributed by atoms with Gasteiger partial charge in [0.2, 0.25) is 5.95 Å². The number of nitrogens with zero attached hydrogens (tertiary/aromatic N) is 3. The third-order valence-corrected chi connectivity index (χ3v) is 10.3. The highest BCUT2D eigenvalue weighted by molar-refractivity contribution is 7.66. The molecule has 1 saturated heterocycles. The molecule has 0 aliphatic carbocycles. The molecule has 0 saturated carbocycles. The van der Waals surface area contributed by atoms with Crippen LogP contribution in [0.1, 0.15) is 18.6 Å². The SMILES string of the molecule is C[C@H](OP(=O)(O)OP(=O)(O)OP(=O)(O)OC[C@H]1O[C@@H](N2CNc3c2nc(N)[nH]c3=O)[C@H](O)[C@@H]1O)c1ccccc1[N+](=O)[O-]. The van der Waals surface area contributed by atoms with Crippen molar-refractivity contribution < 1.29 is 65.9 Å². The number of phosphoric acid groups is 3. The Bertz CT molecular complexity index is 1590. The molecular weight excluding hydrogens is 649 g/mol. The summed E-state index contributed by atoms with van der Waals surface area (Å²) < 4.78 is 59.6. The quantitative estimate of drug-likeness (QED) is 0.0835. The number of nitrogens with one attached hydrogen (secondary N) is 2. The van der Waals surface area contributed by atoms with Gasteiger partial charge in [0.1, 0.15) is 24.0 Å². The third kappa shape index (κ3) is 7.65. The Balaban J connectivity index is 1.36. The second kappa shape index (κ2) is 12.3. The molecule has 1 aromatic carbocycles. The second-order valence-corrected chi connectivity index (χ2v) is 13.5. The monoisotopic (exact) mass is 674 g/mol. The highest BCUT2D eigenvalue weighted by Gasteiger charge is 2.49. The number of aliphatic hydroxyl groups excluding tert-OH is 2. The van der Waals surface area contributed by atoms with Gasteiger partial charge in [0.25, 0.3) is 11.2 Å². The number of nitro groups is 1. The first kappa shape index (κ1) is 33.1. The van der Waals surface area contributed by atoms with E-state index in [0.29, 0.717) is 0 Å². The molecule has 2 aliphatic rings. The van der Waals surface area contributed by atoms with E-state index in [-0.39, 0.29) is 29.7 Å². The molecule has 3 heterocycles. The van der Waals surface area contributed by atoms with Crippen LogP contribution in [0.25, 0.3) is 0 Å². The summed E-state index contributed by atoms with van der Waals surface area (Å²) in [7, 11) is -17.1. The minimum Gasteiger partial charge on any atom is -0.387 e. The predicted octanol–water partition coefficient (Wildman–Crippen LogP) is 0.0252. The van der Waals surface area contributed by atoms with E-state index in [0.717, 1.165) is 13.0 Å². The molecule has 25 heteroatoms. The number of ether oxygens (including phenoxy) is 1. The van der Waals surface area contributed by atoms with Crippen molar-refractivity contribution in [3.63, 3.8) is 0 Å². The standard InChI is InChI=1S/C18H25N6O16P3/c1-8(9-4-2-3-5-10(9)24(28)29)38-42(32,33)40-43(34,35)39-41(30,31)36-6-11-13(25)14(26)17(37-11)23-7-20-12-15(23)21-18(19)22-16(12)27/h2-5,8,11,13-14,17,20,25-26H,6-7H2,1H3,(H,30,31)(H,32,33)(H,34,35)(H3,19,21,22,27)/t8-,11+,13+,14+,17+/m0/s1. The van der Waals surface area contributed by atoms with Crippen molar-refractivity contribution in [1.29, 1.82) is 0 Å². The number of nitrogens with two attached hydrogens (primary N) is 1. The lowest BCUT2D eigenvalue weighted by Crippen LogP contribution is -2.44. The van der Waals surface area contributed by atoms with Crippen molar-refractivity contribution in [2.45, 2.75) is 37.6 Å². The van der Waals surface area contributed by atoms with Gasteiger partial charge in [-0.25, -0.2) is 13.7 Å². The van der Waals surface area contributed by atoms with Crippen molar-refractivity contribution in [1.82, 2.24) is 9.97 Å². The Hall–Kier alpha value is -2.81. The fourth-order valence-electron chi connectivity index (χ4n) is 4.16. The molecule has 2 aliphatic heterocycles. The van der Waals surface area contributed by atoms with Crippen molar-refractivity contribution in [2.75, 3.05) is 29.2 Å². The molecule has 0 radical (unpaired) electrons. The predicted molar refractivity (Wildman–Crippen MR) is 141 cm³/mol. The number of H-pyrrole nitrogens is 1. The Morgan fingerprint density at radius 3 is 2.49 bits per heavy atom. The van der Waals surface area contributed by atoms with Crippen LogP contribution in [0.4, 0.5) is 23.1 Å². The average molecular weight is 674 g/mol. The minimum atomic E-state index is -5.91. The van der Waals surface area contributed by atoms with Crippen LogP contribution in [-0.4, -0.2) is 77.6 Å². The fraction of sp³-hybridized carbons (Fsp3) is 0.444. The summed E-state index contributed by atoms with van der Waals surface area (Å²) in [5.74, 6) is -0.284. The van der Waals surface area contributed by atoms with Crippen LogP contribution < -0.4 is 21.5 Å². The van der Waals surface area contributed by atoms with Crippen LogP contribution in [0, 0.1) is 10.1 Å². The summed E-state index contributed by atoms with van der Waals surface area (Å²) in [6.07, 6.45) is -7.92. The van der Waals surface area contributed by atoms with Gasteiger partial charge in [-0.05, 0) is 13.0 Å². The maximum Gasteiger partial charge on any atom is 0.490 e. The zero-order valence-electron chi connectivity index (χ0n) is 21.6. The van der Waals surface area contributed by atoms with E-state index in [1.54, 1.807) is 0 Å². The summed E-state index contributed by atoms with van der Waals surface area (Å²) in [5.41, 5.74) is 4.21. The van der Waals surface area contributed by atoms with E-state index in [2.05, 4.69) is 33.0 Å². The molecule has 9 N–H and O–H groups in total. The number of fused-ring (bicyclic) bond motifs is 1. The number of aliphatic hydroxyl groups is 2. The number of nitro benzene ring substituents is 1. The molecule has 1 aromatic heterocycles. The molecule has 22 nitrogen and oxygen atoms in total. The van der Waals surface area contributed by atoms with Crippen LogP contribution in [-0.2, 0) is 36.1 Å². The van der Waals surface area contributed by atoms with Gasteiger partial charge in [0.15, 0.2) is 12.0 Å². The summed E-state index contributed by atoms with van der Waals surface area (Å²) in [5, 5.41) is 34.7. The van der Waals surface area contributed by atoms with E-state index < -0.39 is 76.9 Å². The van der Waals surface area contributed by atoms with Crippen LogP contribution >= 0.6 is 23.5 Å². The molecule has 238 valence electrons. The number of phosphoric ester groups is 2. The Morgan fingerprint density at radius 1 is 1.16 bits per heavy atom. The molecular formula is C18H25N6O16P3. The third-order valence-electron chi connectivity index (χ3n) is 5.94. The lowest BCUT2D eigenvalue weighted by Gasteiger charge is -2.26. The van der Waals surface area contributed by atoms with Crippen molar-refractivity contribution in [3.8, 4) is 0 Å². The molecule has 3 unspecified atom stereocenters. The summed E-state index contributed by atoms with van der Waals surface area (Å²) >= 11 is 0. The fourth-order valence-corrected chi connectivity index (χ4v) is 7.82. The average Bonchev–Trinajstić information content (AvgIpc) is 3.41. The number of hydrogen-bond acceptors (Lipinski definition) is 17. The molecule has 2 aromatic rings. The number of aromatic amines is 1. The van der Waals surface area contributed by atoms with Gasteiger partial charge >= 0.3 is 23.5 Å². The Kier molecular flexibility index (Phi) is 9.46. The topological polar surface area (TPSA) is 329 Å². The Morgan fingerprint density at radius 2 is 1.81 bits per heavy atom. The zero-order valence-corrected chi connectivity index (χ0v) is 24.3. The Labute approximate surface area is 239 Å². The summed E-state index contributed by atoms with van der Waals surface area (Å²) in [6, 6.07) is 4.91. The summed E-state index contributed by atoms with van der Waals surface area (Å²) in [6.45, 7) is -0.0706. The molecule has 0 spiro atoms. The van der Waals surface area contributed by atoms with Gasteiger partial charge in [0, 0.05) is 6.07 Å². The number of benzene rings is 1. The van der Waals surface area contributed by atoms with Crippen LogP contribution in [0.15, 0.2) is 29.1 Å². The van der Waals surface area contributed by atoms with Crippen molar-refractivity contribution in [2.24, 2.45) is 0 Å². The van der Waals surface area contributed by atoms with Crippen molar-refractivity contribution >= 4 is 46.6 Å². The normalized spacial score (nSPS) is 26.5. The lowest BCUT2D eigenvalue weighted by atomic mass is 10.1. The van der Waals surface area contributed by atoms with Gasteiger partial charge in [-0.1, -0.05) is 12.1 Å². The van der Waals surface area contributed by atoms with Crippen LogP contribution in [0.2, 0.25) is 0 Å². The summed E-state index contributed by atoms with van der Waals surface area (Å²) in [4.78, 5) is 59.5. The molecule has 8 atom stereocenters. The molecule has 1 fully saturated rings. The number of hydrogen-bond donors (Lipinski definition) is 8. The number of nitrogen functional groups attached to an aromatic ring is 1. The van der Waals surface area contributed by atoms with Gasteiger partial charge in [0.05, 0.1) is 29.9 Å². The van der Waals surface area contributed by atoms with E-state index in [1.807, 2.05) is 0 Å². The number of rotatable bonds is 12. The lowest BCUT2D eigenvalue weighted by molar-refractivity contribution is -0.386. The minimum absolute atomic E-state index is 0.00677. The largest absolute Gasteiger partial charge is 0.490 e. The highest BCUT2D eigenvalue weighted by Crippen LogP contribution is 2.68. The van der Waals surface area contributed by atoms with E-state index in [4.69, 9.17) is 10.5 Å². The van der Waals surface area contributed by atoms with Crippen molar-refractivity contribution in [3.05, 3.63) is 50.3 Å². The van der Waals surface area contributed by atoms with Gasteiger partial charge < -0.3 is 45.6 Å². The van der Waals surface area contributed by atoms with Gasteiger partial charge in [-0.15, -0.1) is 0 Å². The first-order valence-electron chi connectivity index (χ1n) is 11.8. The molecule has 0 amide bonds. The van der Waals surface area contributed by atoms with E-state index >= 15 is 0 Å². The number of anilines is 3. The smallest absolute Gasteiger partial charge is 0.387 e. The van der Waals surface area contributed by atoms with E-state index in [1.165, 1.54) is 23.1 Å². The maximum atomic E-state index is 12.3. The maximum absolute atomic E-state index is 12.3. The first-order chi connectivity index (χ1) is 19.9.